The second kappa shape index (κ2) is 7.44. The average Bonchev–Trinajstić information content (AvgIpc) is 3.37. The molecule has 6 nitrogen and oxygen atoms in total. The Hall–Kier alpha value is -1.59. The fraction of sp³-hybridized carbons (Fsp3) is 0.857. The van der Waals surface area contributed by atoms with Gasteiger partial charge in [0.2, 0.25) is 11.8 Å². The van der Waals surface area contributed by atoms with Gasteiger partial charge in [-0.1, -0.05) is 19.3 Å². The van der Waals surface area contributed by atoms with Crippen LogP contribution in [-0.4, -0.2) is 46.9 Å². The lowest BCUT2D eigenvalue weighted by molar-refractivity contribution is -0.149. The van der Waals surface area contributed by atoms with Crippen LogP contribution < -0.4 is 5.32 Å². The number of carboxylic acid groups (broad SMARTS) is 1. The fourth-order valence-electron chi connectivity index (χ4n) is 6.06. The van der Waals surface area contributed by atoms with Crippen LogP contribution in [0.4, 0.5) is 0 Å². The zero-order valence-electron chi connectivity index (χ0n) is 16.1. The topological polar surface area (TPSA) is 86.7 Å². The first-order valence-electron chi connectivity index (χ1n) is 10.8. The van der Waals surface area contributed by atoms with Crippen LogP contribution in [0.25, 0.3) is 0 Å². The zero-order valence-corrected chi connectivity index (χ0v) is 16.1. The quantitative estimate of drug-likeness (QED) is 0.789. The molecule has 3 saturated carbocycles. The Labute approximate surface area is 161 Å². The lowest BCUT2D eigenvalue weighted by Gasteiger charge is -2.32. The van der Waals surface area contributed by atoms with Crippen LogP contribution in [0.5, 0.6) is 0 Å². The number of carboxylic acids is 1. The summed E-state index contributed by atoms with van der Waals surface area (Å²) >= 11 is 0. The Balaban J connectivity index is 1.28. The van der Waals surface area contributed by atoms with E-state index in [0.29, 0.717) is 19.5 Å². The first kappa shape index (κ1) is 18.8. The number of aliphatic carboxylic acids is 1. The van der Waals surface area contributed by atoms with Crippen LogP contribution in [0, 0.1) is 23.2 Å². The summed E-state index contributed by atoms with van der Waals surface area (Å²) < 4.78 is 0. The number of carbonyl (C=O) groups excluding carboxylic acids is 2. The van der Waals surface area contributed by atoms with Crippen LogP contribution in [0.3, 0.4) is 0 Å². The van der Waals surface area contributed by atoms with Crippen LogP contribution in [0.2, 0.25) is 0 Å². The highest BCUT2D eigenvalue weighted by molar-refractivity contribution is 5.83. The molecule has 0 aromatic rings. The zero-order chi connectivity index (χ0) is 19.0. The van der Waals surface area contributed by atoms with Gasteiger partial charge in [0.25, 0.3) is 0 Å². The van der Waals surface area contributed by atoms with Crippen molar-refractivity contribution in [1.82, 2.24) is 10.2 Å². The van der Waals surface area contributed by atoms with Crippen molar-refractivity contribution in [2.45, 2.75) is 76.7 Å². The molecule has 2 atom stereocenters. The van der Waals surface area contributed by atoms with E-state index in [4.69, 9.17) is 0 Å². The number of rotatable bonds is 4. The van der Waals surface area contributed by atoms with E-state index in [1.54, 1.807) is 0 Å². The number of hydrogen-bond acceptors (Lipinski definition) is 3. The van der Waals surface area contributed by atoms with Gasteiger partial charge in [0.1, 0.15) is 0 Å². The van der Waals surface area contributed by atoms with Gasteiger partial charge in [-0.2, -0.15) is 0 Å². The minimum absolute atomic E-state index is 0.00527. The molecule has 2 amide bonds. The maximum Gasteiger partial charge on any atom is 0.311 e. The highest BCUT2D eigenvalue weighted by atomic mass is 16.4. The first-order chi connectivity index (χ1) is 13.0. The molecular formula is C21H32N2O4. The van der Waals surface area contributed by atoms with E-state index >= 15 is 0 Å². The number of amides is 2. The molecule has 27 heavy (non-hydrogen) atoms. The normalized spacial score (nSPS) is 36.6. The molecule has 6 heteroatoms. The minimum atomic E-state index is -0.723. The van der Waals surface area contributed by atoms with Crippen LogP contribution in [0.15, 0.2) is 0 Å². The average molecular weight is 376 g/mol. The van der Waals surface area contributed by atoms with E-state index < -0.39 is 11.4 Å². The van der Waals surface area contributed by atoms with Gasteiger partial charge in [-0.05, 0) is 57.3 Å². The van der Waals surface area contributed by atoms with Gasteiger partial charge >= 0.3 is 5.97 Å². The molecule has 1 heterocycles. The number of likely N-dealkylation sites (tertiary alicyclic amines) is 1. The minimum Gasteiger partial charge on any atom is -0.481 e. The molecule has 150 valence electrons. The van der Waals surface area contributed by atoms with Crippen molar-refractivity contribution in [3.05, 3.63) is 0 Å². The SMILES string of the molecule is O=C(NC1CCC(C(=O)N2C[C@@H]3CCC[C@@]3(C(=O)O)C2)CC1)C1CCCC1. The van der Waals surface area contributed by atoms with Crippen molar-refractivity contribution in [1.29, 1.82) is 0 Å². The third-order valence-electron chi connectivity index (χ3n) is 7.76. The van der Waals surface area contributed by atoms with E-state index in [2.05, 4.69) is 5.32 Å². The first-order valence-corrected chi connectivity index (χ1v) is 10.8. The summed E-state index contributed by atoms with van der Waals surface area (Å²) in [6, 6.07) is 0.200. The number of nitrogens with zero attached hydrogens (tertiary/aromatic N) is 1. The molecular weight excluding hydrogens is 344 g/mol. The lowest BCUT2D eigenvalue weighted by Crippen LogP contribution is -2.44. The summed E-state index contributed by atoms with van der Waals surface area (Å²) in [7, 11) is 0. The largest absolute Gasteiger partial charge is 0.481 e. The lowest BCUT2D eigenvalue weighted by atomic mass is 9.81. The molecule has 1 saturated heterocycles. The van der Waals surface area contributed by atoms with Crippen molar-refractivity contribution < 1.29 is 19.5 Å². The number of hydrogen-bond donors (Lipinski definition) is 2. The predicted molar refractivity (Wildman–Crippen MR) is 99.8 cm³/mol. The Morgan fingerprint density at radius 2 is 1.59 bits per heavy atom. The third-order valence-corrected chi connectivity index (χ3v) is 7.76. The van der Waals surface area contributed by atoms with Crippen molar-refractivity contribution in [2.24, 2.45) is 23.2 Å². The van der Waals surface area contributed by atoms with Gasteiger partial charge in [0, 0.05) is 31.0 Å². The molecule has 0 bridgehead atoms. The second-order valence-corrected chi connectivity index (χ2v) is 9.31. The van der Waals surface area contributed by atoms with Gasteiger partial charge in [-0.25, -0.2) is 0 Å². The van der Waals surface area contributed by atoms with Gasteiger partial charge in [0.05, 0.1) is 5.41 Å². The van der Waals surface area contributed by atoms with E-state index in [1.807, 2.05) is 4.90 Å². The van der Waals surface area contributed by atoms with Gasteiger partial charge in [0.15, 0.2) is 0 Å². The molecule has 0 unspecified atom stereocenters. The predicted octanol–water partition coefficient (Wildman–Crippen LogP) is 2.56. The molecule has 0 spiro atoms. The molecule has 1 aliphatic heterocycles. The van der Waals surface area contributed by atoms with Crippen LogP contribution in [0.1, 0.15) is 70.6 Å². The molecule has 2 N–H and O–H groups in total. The summed E-state index contributed by atoms with van der Waals surface area (Å²) in [5.41, 5.74) is -0.692. The highest BCUT2D eigenvalue weighted by Gasteiger charge is 2.56. The number of nitrogens with one attached hydrogen (secondary N) is 1. The summed E-state index contributed by atoms with van der Waals surface area (Å²) in [6.07, 6.45) is 10.3. The summed E-state index contributed by atoms with van der Waals surface area (Å²) in [5.74, 6) is -0.0573. The van der Waals surface area contributed by atoms with Crippen molar-refractivity contribution in [3.8, 4) is 0 Å². The molecule has 0 aromatic heterocycles. The van der Waals surface area contributed by atoms with Crippen LogP contribution in [-0.2, 0) is 14.4 Å². The molecule has 3 aliphatic carbocycles. The van der Waals surface area contributed by atoms with E-state index in [9.17, 15) is 19.5 Å². The highest BCUT2D eigenvalue weighted by Crippen LogP contribution is 2.49. The number of carbonyl (C=O) groups is 3. The Morgan fingerprint density at radius 1 is 0.889 bits per heavy atom. The van der Waals surface area contributed by atoms with E-state index in [0.717, 1.165) is 64.2 Å². The summed E-state index contributed by atoms with van der Waals surface area (Å²) in [4.78, 5) is 38.9. The molecule has 4 fully saturated rings. The summed E-state index contributed by atoms with van der Waals surface area (Å²) in [6.45, 7) is 1.01. The van der Waals surface area contributed by atoms with Gasteiger partial charge in [-0.3, -0.25) is 14.4 Å². The maximum atomic E-state index is 13.0. The van der Waals surface area contributed by atoms with Crippen LogP contribution >= 0.6 is 0 Å². The Morgan fingerprint density at radius 3 is 2.22 bits per heavy atom. The smallest absolute Gasteiger partial charge is 0.311 e. The molecule has 4 aliphatic rings. The molecule has 0 aromatic carbocycles. The fourth-order valence-corrected chi connectivity index (χ4v) is 6.06. The molecule has 4 rings (SSSR count). The van der Waals surface area contributed by atoms with Gasteiger partial charge in [-0.15, -0.1) is 0 Å². The Bertz CT molecular complexity index is 607. The number of fused-ring (bicyclic) bond motifs is 1. The van der Waals surface area contributed by atoms with E-state index in [-0.39, 0.29) is 35.6 Å². The maximum absolute atomic E-state index is 13.0. The van der Waals surface area contributed by atoms with Crippen molar-refractivity contribution in [3.63, 3.8) is 0 Å². The summed E-state index contributed by atoms with van der Waals surface area (Å²) in [5, 5.41) is 12.9. The van der Waals surface area contributed by atoms with Crippen molar-refractivity contribution in [2.75, 3.05) is 13.1 Å². The van der Waals surface area contributed by atoms with Gasteiger partial charge < -0.3 is 15.3 Å². The molecule has 0 radical (unpaired) electrons. The standard InChI is InChI=1S/C21H32N2O4/c24-18(14-4-1-2-5-14)22-17-9-7-15(8-10-17)19(25)23-12-16-6-3-11-21(16,13-23)20(26)27/h14-17H,1-13H2,(H,22,24)(H,26,27)/t15?,16-,17?,21+/m0/s1. The monoisotopic (exact) mass is 376 g/mol. The van der Waals surface area contributed by atoms with E-state index in [1.165, 1.54) is 0 Å². The second-order valence-electron chi connectivity index (χ2n) is 9.31. The Kier molecular flexibility index (Phi) is 5.17. The van der Waals surface area contributed by atoms with Crippen molar-refractivity contribution >= 4 is 17.8 Å². The third kappa shape index (κ3) is 3.47.